The quantitative estimate of drug-likeness (QED) is 0.735. The monoisotopic (exact) mass is 264 g/mol. The zero-order chi connectivity index (χ0) is 13.5. The first-order chi connectivity index (χ1) is 9.05. The summed E-state index contributed by atoms with van der Waals surface area (Å²) in [6.07, 6.45) is 1.40. The molecule has 3 aromatic heterocycles. The van der Waals surface area contributed by atoms with Crippen molar-refractivity contribution in [3.63, 3.8) is 0 Å². The van der Waals surface area contributed by atoms with E-state index in [1.165, 1.54) is 18.6 Å². The van der Waals surface area contributed by atoms with Crippen LogP contribution >= 0.6 is 0 Å². The van der Waals surface area contributed by atoms with E-state index >= 15 is 0 Å². The van der Waals surface area contributed by atoms with Gasteiger partial charge in [-0.25, -0.2) is 4.98 Å². The lowest BCUT2D eigenvalue weighted by Crippen LogP contribution is -2.07. The number of aromatic nitrogens is 4. The lowest BCUT2D eigenvalue weighted by molar-refractivity contribution is -0.141. The number of halogens is 3. The second kappa shape index (κ2) is 4.04. The van der Waals surface area contributed by atoms with Crippen molar-refractivity contribution in [2.45, 2.75) is 6.18 Å². The molecule has 3 aromatic rings. The number of aromatic amines is 1. The number of imidazole rings is 1. The van der Waals surface area contributed by atoms with Crippen molar-refractivity contribution in [2.75, 3.05) is 0 Å². The highest BCUT2D eigenvalue weighted by Crippen LogP contribution is 2.30. The summed E-state index contributed by atoms with van der Waals surface area (Å²) in [5.41, 5.74) is 1.63. The molecule has 0 aliphatic rings. The van der Waals surface area contributed by atoms with Crippen LogP contribution in [-0.2, 0) is 6.18 Å². The number of nitrogens with zero attached hydrogens (tertiary/aromatic N) is 3. The molecule has 7 heteroatoms. The molecule has 0 aliphatic carbocycles. The van der Waals surface area contributed by atoms with Crippen molar-refractivity contribution in [3.05, 3.63) is 42.7 Å². The molecule has 0 saturated heterocycles. The Labute approximate surface area is 105 Å². The third-order valence-electron chi connectivity index (χ3n) is 2.70. The number of fused-ring (bicyclic) bond motifs is 1. The number of H-pyrrole nitrogens is 1. The Hall–Kier alpha value is -2.44. The van der Waals surface area contributed by atoms with Crippen LogP contribution < -0.4 is 0 Å². The number of nitrogens with one attached hydrogen (secondary N) is 1. The second-order valence-electron chi connectivity index (χ2n) is 3.92. The maximum absolute atomic E-state index is 12.4. The van der Waals surface area contributed by atoms with Gasteiger partial charge in [0.05, 0.1) is 23.6 Å². The zero-order valence-corrected chi connectivity index (χ0v) is 9.44. The Bertz CT molecular complexity index is 716. The fourth-order valence-electron chi connectivity index (χ4n) is 1.80. The second-order valence-corrected chi connectivity index (χ2v) is 3.92. The Balaban J connectivity index is 2.10. The molecular formula is C12H7F3N4. The average molecular weight is 264 g/mol. The summed E-state index contributed by atoms with van der Waals surface area (Å²) in [5, 5.41) is 0. The fourth-order valence-corrected chi connectivity index (χ4v) is 1.80. The van der Waals surface area contributed by atoms with E-state index in [2.05, 4.69) is 19.9 Å². The van der Waals surface area contributed by atoms with Crippen molar-refractivity contribution in [3.8, 4) is 11.1 Å². The Kier molecular flexibility index (Phi) is 2.48. The van der Waals surface area contributed by atoms with Gasteiger partial charge in [-0.3, -0.25) is 9.97 Å². The van der Waals surface area contributed by atoms with E-state index in [0.29, 0.717) is 16.6 Å². The van der Waals surface area contributed by atoms with Gasteiger partial charge in [0.2, 0.25) is 0 Å². The minimum absolute atomic E-state index is 0.540. The Morgan fingerprint density at radius 3 is 2.53 bits per heavy atom. The van der Waals surface area contributed by atoms with Gasteiger partial charge in [0.25, 0.3) is 0 Å². The van der Waals surface area contributed by atoms with Gasteiger partial charge in [0, 0.05) is 23.5 Å². The predicted molar refractivity (Wildman–Crippen MR) is 62.1 cm³/mol. The molecule has 0 amide bonds. The van der Waals surface area contributed by atoms with Crippen LogP contribution in [0.2, 0.25) is 0 Å². The maximum atomic E-state index is 12.4. The molecule has 0 unspecified atom stereocenters. The van der Waals surface area contributed by atoms with Gasteiger partial charge in [0.1, 0.15) is 5.69 Å². The van der Waals surface area contributed by atoms with Crippen LogP contribution in [0.5, 0.6) is 0 Å². The van der Waals surface area contributed by atoms with Crippen LogP contribution in [0.1, 0.15) is 5.69 Å². The van der Waals surface area contributed by atoms with Crippen LogP contribution in [0.4, 0.5) is 13.2 Å². The van der Waals surface area contributed by atoms with Gasteiger partial charge in [-0.15, -0.1) is 0 Å². The first-order valence-electron chi connectivity index (χ1n) is 5.36. The largest absolute Gasteiger partial charge is 0.433 e. The molecule has 3 heterocycles. The summed E-state index contributed by atoms with van der Waals surface area (Å²) in [6.45, 7) is 0. The van der Waals surface area contributed by atoms with Crippen molar-refractivity contribution in [2.24, 2.45) is 0 Å². The Morgan fingerprint density at radius 1 is 1.00 bits per heavy atom. The van der Waals surface area contributed by atoms with E-state index < -0.39 is 11.9 Å². The SMILES string of the molecule is FC(F)(F)c1ccc(-c2cncc3[nH]cnc23)cn1. The fraction of sp³-hybridized carbons (Fsp3) is 0.0833. The minimum Gasteiger partial charge on any atom is -0.343 e. The molecule has 0 bridgehead atoms. The molecular weight excluding hydrogens is 257 g/mol. The van der Waals surface area contributed by atoms with Crippen molar-refractivity contribution < 1.29 is 13.2 Å². The van der Waals surface area contributed by atoms with E-state index in [1.54, 1.807) is 12.4 Å². The lowest BCUT2D eigenvalue weighted by atomic mass is 10.1. The number of hydrogen-bond donors (Lipinski definition) is 1. The molecule has 4 nitrogen and oxygen atoms in total. The van der Waals surface area contributed by atoms with Crippen molar-refractivity contribution >= 4 is 11.0 Å². The van der Waals surface area contributed by atoms with Crippen LogP contribution in [-0.4, -0.2) is 19.9 Å². The summed E-state index contributed by atoms with van der Waals surface area (Å²) in [7, 11) is 0. The number of pyridine rings is 2. The molecule has 96 valence electrons. The summed E-state index contributed by atoms with van der Waals surface area (Å²) in [5.74, 6) is 0. The molecule has 0 radical (unpaired) electrons. The average Bonchev–Trinajstić information content (AvgIpc) is 2.86. The summed E-state index contributed by atoms with van der Waals surface area (Å²) >= 11 is 0. The lowest BCUT2D eigenvalue weighted by Gasteiger charge is -2.06. The first kappa shape index (κ1) is 11.6. The standard InChI is InChI=1S/C12H7F3N4/c13-12(14,15)10-2-1-7(3-17-10)8-4-16-5-9-11(8)19-6-18-9/h1-6H,(H,18,19). The minimum atomic E-state index is -4.44. The van der Waals surface area contributed by atoms with Gasteiger partial charge in [0.15, 0.2) is 0 Å². The van der Waals surface area contributed by atoms with Gasteiger partial charge in [-0.1, -0.05) is 6.07 Å². The molecule has 0 fully saturated rings. The van der Waals surface area contributed by atoms with Gasteiger partial charge < -0.3 is 4.98 Å². The smallest absolute Gasteiger partial charge is 0.343 e. The van der Waals surface area contributed by atoms with Gasteiger partial charge in [-0.05, 0) is 6.07 Å². The van der Waals surface area contributed by atoms with Gasteiger partial charge >= 0.3 is 6.18 Å². The first-order valence-corrected chi connectivity index (χ1v) is 5.36. The molecule has 19 heavy (non-hydrogen) atoms. The zero-order valence-electron chi connectivity index (χ0n) is 9.44. The van der Waals surface area contributed by atoms with Crippen LogP contribution in [0.25, 0.3) is 22.2 Å². The molecule has 0 spiro atoms. The highest BCUT2D eigenvalue weighted by Gasteiger charge is 2.32. The van der Waals surface area contributed by atoms with Crippen molar-refractivity contribution in [1.82, 2.24) is 19.9 Å². The number of alkyl halides is 3. The van der Waals surface area contributed by atoms with Crippen LogP contribution in [0.3, 0.4) is 0 Å². The predicted octanol–water partition coefficient (Wildman–Crippen LogP) is 3.04. The number of hydrogen-bond acceptors (Lipinski definition) is 3. The third kappa shape index (κ3) is 2.03. The maximum Gasteiger partial charge on any atom is 0.433 e. The molecule has 0 aliphatic heterocycles. The Morgan fingerprint density at radius 2 is 1.84 bits per heavy atom. The molecule has 0 saturated carbocycles. The molecule has 3 rings (SSSR count). The van der Waals surface area contributed by atoms with Gasteiger partial charge in [-0.2, -0.15) is 13.2 Å². The molecule has 0 atom stereocenters. The van der Waals surface area contributed by atoms with E-state index in [1.807, 2.05) is 0 Å². The molecule has 1 N–H and O–H groups in total. The summed E-state index contributed by atoms with van der Waals surface area (Å²) in [6, 6.07) is 2.31. The van der Waals surface area contributed by atoms with E-state index in [9.17, 15) is 13.2 Å². The highest BCUT2D eigenvalue weighted by molar-refractivity contribution is 5.90. The highest BCUT2D eigenvalue weighted by atomic mass is 19.4. The summed E-state index contributed by atoms with van der Waals surface area (Å²) < 4.78 is 37.3. The van der Waals surface area contributed by atoms with E-state index in [-0.39, 0.29) is 0 Å². The topological polar surface area (TPSA) is 54.5 Å². The normalized spacial score (nSPS) is 11.9. The summed E-state index contributed by atoms with van der Waals surface area (Å²) in [4.78, 5) is 14.5. The molecule has 0 aromatic carbocycles. The van der Waals surface area contributed by atoms with E-state index in [0.717, 1.165) is 11.6 Å². The van der Waals surface area contributed by atoms with E-state index in [4.69, 9.17) is 0 Å². The van der Waals surface area contributed by atoms with Crippen molar-refractivity contribution in [1.29, 1.82) is 0 Å². The number of rotatable bonds is 1. The van der Waals surface area contributed by atoms with Crippen LogP contribution in [0.15, 0.2) is 37.1 Å². The van der Waals surface area contributed by atoms with Crippen LogP contribution in [0, 0.1) is 0 Å². The third-order valence-corrected chi connectivity index (χ3v) is 2.70.